The third-order valence-electron chi connectivity index (χ3n) is 9.80. The van der Waals surface area contributed by atoms with Gasteiger partial charge >= 0.3 is 0 Å². The van der Waals surface area contributed by atoms with E-state index >= 15 is 0 Å². The van der Waals surface area contributed by atoms with Crippen LogP contribution in [0.15, 0.2) is 59.3 Å². The van der Waals surface area contributed by atoms with E-state index in [9.17, 15) is 19.2 Å². The highest BCUT2D eigenvalue weighted by atomic mass is 127. The Balaban J connectivity index is 1.21. The lowest BCUT2D eigenvalue weighted by Crippen LogP contribution is -2.57. The van der Waals surface area contributed by atoms with Crippen LogP contribution in [0.1, 0.15) is 90.2 Å². The molecule has 6 rings (SSSR count). The fourth-order valence-corrected chi connectivity index (χ4v) is 8.86. The van der Waals surface area contributed by atoms with Crippen LogP contribution in [0.2, 0.25) is 0 Å². The Kier molecular flexibility index (Phi) is 7.47. The van der Waals surface area contributed by atoms with Gasteiger partial charge < -0.3 is 0 Å². The van der Waals surface area contributed by atoms with Gasteiger partial charge in [-0.3, -0.25) is 29.0 Å². The summed E-state index contributed by atoms with van der Waals surface area (Å²) in [6, 6.07) is 6.77. The molecule has 7 heteroatoms. The number of hydrogen-bond acceptors (Lipinski definition) is 4. The van der Waals surface area contributed by atoms with Crippen LogP contribution in [0.5, 0.6) is 0 Å². The Morgan fingerprint density at radius 1 is 0.810 bits per heavy atom. The smallest absolute Gasteiger partial charge is 0.237 e. The van der Waals surface area contributed by atoms with Crippen LogP contribution < -0.4 is 0 Å². The molecule has 6 nitrogen and oxygen atoms in total. The lowest BCUT2D eigenvalue weighted by atomic mass is 9.79. The van der Waals surface area contributed by atoms with Crippen molar-refractivity contribution >= 4 is 51.8 Å². The maximum absolute atomic E-state index is 13.7. The minimum absolute atomic E-state index is 0.148. The highest BCUT2D eigenvalue weighted by Gasteiger charge is 2.63. The molecule has 2 aliphatic heterocycles. The third kappa shape index (κ3) is 4.85. The number of hydrogen-bond donors (Lipinski definition) is 0. The lowest BCUT2D eigenvalue weighted by Gasteiger charge is -2.41. The molecule has 42 heavy (non-hydrogen) atoms. The van der Waals surface area contributed by atoms with E-state index in [1.54, 1.807) is 0 Å². The summed E-state index contributed by atoms with van der Waals surface area (Å²) in [6.07, 6.45) is 12.2. The first-order chi connectivity index (χ1) is 19.9. The van der Waals surface area contributed by atoms with E-state index < -0.39 is 23.3 Å². The second-order valence-electron chi connectivity index (χ2n) is 13.7. The highest BCUT2D eigenvalue weighted by Crippen LogP contribution is 2.53. The summed E-state index contributed by atoms with van der Waals surface area (Å²) in [5, 5.41) is 0. The Labute approximate surface area is 262 Å². The maximum Gasteiger partial charge on any atom is 0.237 e. The van der Waals surface area contributed by atoms with Crippen molar-refractivity contribution in [1.82, 2.24) is 9.80 Å². The number of likely N-dealkylation sites (tertiary alicyclic amines) is 2. The van der Waals surface area contributed by atoms with Gasteiger partial charge in [-0.05, 0) is 127 Å². The molecule has 1 aromatic rings. The van der Waals surface area contributed by atoms with Crippen molar-refractivity contribution in [3.63, 3.8) is 0 Å². The molecule has 4 unspecified atom stereocenters. The SMILES string of the molecule is CC(C)c1ccc(C2=CC=C(C3=CC=C(N4C(=O)C5CC(C4=O)C4C(=O)N(C(C)(C)C)C(=O)CC54)CC3)CC2)cc1I. The fourth-order valence-electron chi connectivity index (χ4n) is 7.72. The van der Waals surface area contributed by atoms with Crippen LogP contribution in [-0.4, -0.2) is 39.0 Å². The topological polar surface area (TPSA) is 74.8 Å². The number of fused-ring (bicyclic) bond motifs is 5. The monoisotopic (exact) mass is 678 g/mol. The van der Waals surface area contributed by atoms with Crippen molar-refractivity contribution in [2.45, 2.75) is 84.6 Å². The molecule has 1 saturated carbocycles. The second-order valence-corrected chi connectivity index (χ2v) is 14.9. The van der Waals surface area contributed by atoms with Gasteiger partial charge in [-0.2, -0.15) is 0 Å². The Morgan fingerprint density at radius 2 is 1.43 bits per heavy atom. The Bertz CT molecular complexity index is 1520. The minimum Gasteiger partial charge on any atom is -0.277 e. The third-order valence-corrected chi connectivity index (χ3v) is 10.7. The van der Waals surface area contributed by atoms with Gasteiger partial charge in [0.1, 0.15) is 0 Å². The number of imide groups is 2. The first-order valence-electron chi connectivity index (χ1n) is 15.2. The van der Waals surface area contributed by atoms with E-state index in [1.165, 1.54) is 41.2 Å². The number of piperidine rings is 2. The van der Waals surface area contributed by atoms with Crippen molar-refractivity contribution in [2.75, 3.05) is 0 Å². The number of rotatable bonds is 4. The van der Waals surface area contributed by atoms with Crippen molar-refractivity contribution in [3.05, 3.63) is 74.0 Å². The zero-order valence-electron chi connectivity index (χ0n) is 25.1. The lowest BCUT2D eigenvalue weighted by molar-refractivity contribution is -0.162. The average Bonchev–Trinajstić information content (AvgIpc) is 3.28. The van der Waals surface area contributed by atoms with Gasteiger partial charge in [-0.15, -0.1) is 0 Å². The summed E-state index contributed by atoms with van der Waals surface area (Å²) in [7, 11) is 0. The van der Waals surface area contributed by atoms with E-state index in [1.807, 2.05) is 26.8 Å². The number of allylic oxidation sites excluding steroid dienone is 8. The first kappa shape index (κ1) is 29.3. The summed E-state index contributed by atoms with van der Waals surface area (Å²) in [5.41, 5.74) is 6.61. The fraction of sp³-hybridized carbons (Fsp3) is 0.486. The molecule has 2 bridgehead atoms. The molecular formula is C35H39IN2O4. The van der Waals surface area contributed by atoms with Crippen LogP contribution in [0.3, 0.4) is 0 Å². The minimum atomic E-state index is -0.656. The van der Waals surface area contributed by atoms with Crippen LogP contribution >= 0.6 is 22.6 Å². The molecule has 3 aliphatic carbocycles. The van der Waals surface area contributed by atoms with E-state index in [0.717, 1.165) is 19.3 Å². The number of nitrogens with zero attached hydrogens (tertiary/aromatic N) is 2. The summed E-state index contributed by atoms with van der Waals surface area (Å²) < 4.78 is 1.31. The maximum atomic E-state index is 13.7. The molecule has 0 radical (unpaired) electrons. The quantitative estimate of drug-likeness (QED) is 0.256. The largest absolute Gasteiger partial charge is 0.277 e. The predicted molar refractivity (Wildman–Crippen MR) is 171 cm³/mol. The van der Waals surface area contributed by atoms with Gasteiger partial charge in [0.2, 0.25) is 23.6 Å². The summed E-state index contributed by atoms with van der Waals surface area (Å²) in [6.45, 7) is 9.96. The zero-order valence-corrected chi connectivity index (χ0v) is 27.2. The average molecular weight is 679 g/mol. The second kappa shape index (κ2) is 10.7. The molecule has 1 aromatic carbocycles. The summed E-state index contributed by atoms with van der Waals surface area (Å²) >= 11 is 2.44. The van der Waals surface area contributed by atoms with Gasteiger partial charge in [-0.25, -0.2) is 0 Å². The van der Waals surface area contributed by atoms with Crippen molar-refractivity contribution in [1.29, 1.82) is 0 Å². The summed E-state index contributed by atoms with van der Waals surface area (Å²) in [4.78, 5) is 56.6. The Morgan fingerprint density at radius 3 is 2.00 bits per heavy atom. The number of amides is 4. The Hall–Kier alpha value is -2.81. The summed E-state index contributed by atoms with van der Waals surface area (Å²) in [5.74, 6) is -2.51. The molecule has 220 valence electrons. The van der Waals surface area contributed by atoms with E-state index in [0.29, 0.717) is 24.5 Å². The zero-order chi connectivity index (χ0) is 30.1. The normalized spacial score (nSPS) is 28.1. The first-order valence-corrected chi connectivity index (χ1v) is 16.3. The number of benzene rings is 1. The van der Waals surface area contributed by atoms with Gasteiger partial charge in [0.15, 0.2) is 0 Å². The van der Waals surface area contributed by atoms with E-state index in [4.69, 9.17) is 0 Å². The van der Waals surface area contributed by atoms with Crippen molar-refractivity contribution < 1.29 is 19.2 Å². The van der Waals surface area contributed by atoms with Crippen molar-refractivity contribution in [3.8, 4) is 0 Å². The number of carbonyl (C=O) groups excluding carboxylic acids is 4. The molecule has 4 atom stereocenters. The molecule has 3 fully saturated rings. The number of halogens is 1. The molecule has 0 aromatic heterocycles. The van der Waals surface area contributed by atoms with Crippen LogP contribution in [0.4, 0.5) is 0 Å². The molecule has 2 saturated heterocycles. The molecule has 5 aliphatic rings. The van der Waals surface area contributed by atoms with Crippen molar-refractivity contribution in [2.24, 2.45) is 23.7 Å². The number of carbonyl (C=O) groups is 4. The molecule has 2 heterocycles. The van der Waals surface area contributed by atoms with Crippen LogP contribution in [-0.2, 0) is 19.2 Å². The van der Waals surface area contributed by atoms with Gasteiger partial charge in [0.25, 0.3) is 0 Å². The predicted octanol–water partition coefficient (Wildman–Crippen LogP) is 6.92. The highest BCUT2D eigenvalue weighted by molar-refractivity contribution is 14.1. The van der Waals surface area contributed by atoms with Gasteiger partial charge in [0.05, 0.1) is 11.8 Å². The standard InChI is InChI=1S/C35H39IN2O4/c1-19(2)25-15-12-23(16-29(25)36)22-8-6-20(7-9-22)21-10-13-24(14-11-21)37-32(40)27-17-28(33(37)41)31-26(27)18-30(39)38(34(31)42)35(3,4)5/h6,8,10,12-13,15-16,19,26-28,31H,7,9,11,14,17-18H2,1-5H3. The molecule has 0 N–H and O–H groups in total. The van der Waals surface area contributed by atoms with Gasteiger partial charge in [-0.1, -0.05) is 44.2 Å². The van der Waals surface area contributed by atoms with E-state index in [2.05, 4.69) is 72.9 Å². The molecule has 0 spiro atoms. The van der Waals surface area contributed by atoms with Crippen LogP contribution in [0.25, 0.3) is 5.57 Å². The van der Waals surface area contributed by atoms with Gasteiger partial charge in [0, 0.05) is 27.1 Å². The van der Waals surface area contributed by atoms with E-state index in [-0.39, 0.29) is 36.0 Å². The molecule has 4 amide bonds. The van der Waals surface area contributed by atoms with Crippen LogP contribution in [0, 0.1) is 27.2 Å². The molecular weight excluding hydrogens is 639 g/mol.